The number of carbonyl (C=O) groups is 1. The van der Waals surface area contributed by atoms with Crippen molar-refractivity contribution >= 4 is 5.91 Å². The third-order valence-corrected chi connectivity index (χ3v) is 5.67. The minimum atomic E-state index is -0.354. The van der Waals surface area contributed by atoms with Crippen molar-refractivity contribution in [2.75, 3.05) is 20.8 Å². The molecule has 5 heteroatoms. The first-order chi connectivity index (χ1) is 11.2. The number of hydrogen-bond donors (Lipinski definition) is 0. The van der Waals surface area contributed by atoms with Crippen molar-refractivity contribution in [1.29, 1.82) is 0 Å². The Labute approximate surface area is 136 Å². The van der Waals surface area contributed by atoms with Crippen LogP contribution in [0.5, 0.6) is 11.5 Å². The highest BCUT2D eigenvalue weighted by atomic mass is 16.5. The summed E-state index contributed by atoms with van der Waals surface area (Å²) in [5, 5.41) is 0. The Kier molecular flexibility index (Phi) is 3.48. The maximum atomic E-state index is 12.7. The van der Waals surface area contributed by atoms with Gasteiger partial charge >= 0.3 is 0 Å². The van der Waals surface area contributed by atoms with E-state index in [2.05, 4.69) is 0 Å². The quantitative estimate of drug-likeness (QED) is 0.860. The van der Waals surface area contributed by atoms with E-state index in [1.54, 1.807) is 14.2 Å². The fourth-order valence-electron chi connectivity index (χ4n) is 4.60. The van der Waals surface area contributed by atoms with Crippen molar-refractivity contribution in [3.63, 3.8) is 0 Å². The molecule has 1 aliphatic carbocycles. The minimum absolute atomic E-state index is 0.0228. The van der Waals surface area contributed by atoms with Gasteiger partial charge in [0.15, 0.2) is 11.5 Å². The van der Waals surface area contributed by atoms with E-state index in [-0.39, 0.29) is 17.7 Å². The monoisotopic (exact) mass is 317 g/mol. The number of ether oxygens (including phenoxy) is 3. The molecular formula is C18H23NO4. The van der Waals surface area contributed by atoms with Crippen LogP contribution < -0.4 is 9.47 Å². The van der Waals surface area contributed by atoms with E-state index in [0.717, 1.165) is 24.8 Å². The van der Waals surface area contributed by atoms with Gasteiger partial charge in [-0.3, -0.25) is 4.79 Å². The number of amides is 1. The number of methoxy groups -OCH3 is 2. The lowest BCUT2D eigenvalue weighted by Crippen LogP contribution is -2.47. The molecule has 4 rings (SSSR count). The summed E-state index contributed by atoms with van der Waals surface area (Å²) in [7, 11) is 3.26. The van der Waals surface area contributed by atoms with Crippen molar-refractivity contribution in [3.8, 4) is 11.5 Å². The fraction of sp³-hybridized carbons (Fsp3) is 0.611. The van der Waals surface area contributed by atoms with Gasteiger partial charge in [0.1, 0.15) is 5.72 Å². The molecule has 3 fully saturated rings. The van der Waals surface area contributed by atoms with E-state index in [9.17, 15) is 4.79 Å². The maximum absolute atomic E-state index is 12.7. The summed E-state index contributed by atoms with van der Waals surface area (Å²) < 4.78 is 17.0. The van der Waals surface area contributed by atoms with Gasteiger partial charge in [-0.05, 0) is 37.0 Å². The highest BCUT2D eigenvalue weighted by molar-refractivity contribution is 5.81. The Morgan fingerprint density at radius 1 is 1.22 bits per heavy atom. The summed E-state index contributed by atoms with van der Waals surface area (Å²) in [5.74, 6) is 1.98. The molecule has 5 nitrogen and oxygen atoms in total. The van der Waals surface area contributed by atoms with Crippen LogP contribution in [0.2, 0.25) is 0 Å². The highest BCUT2D eigenvalue weighted by Gasteiger charge is 2.60. The first-order valence-corrected chi connectivity index (χ1v) is 8.37. The summed E-state index contributed by atoms with van der Waals surface area (Å²) in [6.45, 7) is 0.567. The third-order valence-electron chi connectivity index (χ3n) is 5.67. The largest absolute Gasteiger partial charge is 0.493 e. The van der Waals surface area contributed by atoms with Gasteiger partial charge in [0.05, 0.1) is 26.9 Å². The van der Waals surface area contributed by atoms with Crippen molar-refractivity contribution in [2.24, 2.45) is 5.92 Å². The normalized spacial score (nSPS) is 32.6. The van der Waals surface area contributed by atoms with Gasteiger partial charge in [0.2, 0.25) is 5.91 Å². The van der Waals surface area contributed by atoms with Crippen LogP contribution in [0.25, 0.3) is 0 Å². The average molecular weight is 317 g/mol. The predicted molar refractivity (Wildman–Crippen MR) is 84.4 cm³/mol. The molecule has 0 unspecified atom stereocenters. The van der Waals surface area contributed by atoms with Gasteiger partial charge in [-0.15, -0.1) is 0 Å². The number of benzene rings is 1. The van der Waals surface area contributed by atoms with Crippen LogP contribution in [0.1, 0.15) is 43.7 Å². The molecule has 0 bridgehead atoms. The molecular weight excluding hydrogens is 294 g/mol. The average Bonchev–Trinajstić information content (AvgIpc) is 3.09. The Morgan fingerprint density at radius 3 is 2.83 bits per heavy atom. The van der Waals surface area contributed by atoms with Crippen LogP contribution in [0.3, 0.4) is 0 Å². The highest BCUT2D eigenvalue weighted by Crippen LogP contribution is 2.54. The lowest BCUT2D eigenvalue weighted by molar-refractivity contribution is -0.146. The Bertz CT molecular complexity index is 631. The molecule has 1 spiro atoms. The molecule has 23 heavy (non-hydrogen) atoms. The van der Waals surface area contributed by atoms with Crippen LogP contribution in [0.15, 0.2) is 18.2 Å². The van der Waals surface area contributed by atoms with Gasteiger partial charge in [0.25, 0.3) is 0 Å². The van der Waals surface area contributed by atoms with E-state index >= 15 is 0 Å². The minimum Gasteiger partial charge on any atom is -0.493 e. The standard InChI is InChI=1S/C18H23NO4/c1-21-15-7-6-12(9-16(15)22-2)14-11-23-18-8-4-3-5-13(18)10-17(20)19(14)18/h6-7,9,13-14H,3-5,8,10-11H2,1-2H3/t13-,14+,18+/m0/s1. The number of carbonyl (C=O) groups excluding carboxylic acids is 1. The van der Waals surface area contributed by atoms with Gasteiger partial charge in [-0.1, -0.05) is 12.5 Å². The summed E-state index contributed by atoms with van der Waals surface area (Å²) in [6.07, 6.45) is 5.04. The van der Waals surface area contributed by atoms with Crippen molar-refractivity contribution in [1.82, 2.24) is 4.90 Å². The maximum Gasteiger partial charge on any atom is 0.225 e. The van der Waals surface area contributed by atoms with Gasteiger partial charge in [-0.25, -0.2) is 0 Å². The zero-order valence-corrected chi connectivity index (χ0v) is 13.7. The molecule has 1 aromatic rings. The molecule has 0 radical (unpaired) electrons. The number of rotatable bonds is 3. The van der Waals surface area contributed by atoms with Crippen LogP contribution in [-0.2, 0) is 9.53 Å². The molecule has 1 amide bonds. The second-order valence-electron chi connectivity index (χ2n) is 6.70. The zero-order chi connectivity index (χ0) is 16.0. The predicted octanol–water partition coefficient (Wildman–Crippen LogP) is 2.89. The van der Waals surface area contributed by atoms with Crippen molar-refractivity contribution < 1.29 is 19.0 Å². The van der Waals surface area contributed by atoms with E-state index < -0.39 is 0 Å². The molecule has 1 saturated carbocycles. The third kappa shape index (κ3) is 2.06. The van der Waals surface area contributed by atoms with Crippen LogP contribution >= 0.6 is 0 Å². The van der Waals surface area contributed by atoms with Crippen LogP contribution in [0.4, 0.5) is 0 Å². The van der Waals surface area contributed by atoms with Crippen LogP contribution in [-0.4, -0.2) is 37.4 Å². The molecule has 3 aliphatic rings. The Hall–Kier alpha value is -1.75. The molecule has 2 aliphatic heterocycles. The van der Waals surface area contributed by atoms with E-state index in [1.807, 2.05) is 23.1 Å². The molecule has 3 atom stereocenters. The van der Waals surface area contributed by atoms with Crippen LogP contribution in [0, 0.1) is 5.92 Å². The molecule has 2 heterocycles. The van der Waals surface area contributed by atoms with Gasteiger partial charge in [0, 0.05) is 12.3 Å². The van der Waals surface area contributed by atoms with Crippen molar-refractivity contribution in [2.45, 2.75) is 43.9 Å². The Morgan fingerprint density at radius 2 is 2.04 bits per heavy atom. The second-order valence-corrected chi connectivity index (χ2v) is 6.70. The number of hydrogen-bond acceptors (Lipinski definition) is 4. The van der Waals surface area contributed by atoms with E-state index in [1.165, 1.54) is 6.42 Å². The van der Waals surface area contributed by atoms with E-state index in [4.69, 9.17) is 14.2 Å². The smallest absolute Gasteiger partial charge is 0.225 e. The first-order valence-electron chi connectivity index (χ1n) is 8.37. The van der Waals surface area contributed by atoms with Crippen molar-refractivity contribution in [3.05, 3.63) is 23.8 Å². The summed E-state index contributed by atoms with van der Waals surface area (Å²) in [5.41, 5.74) is 0.701. The number of nitrogens with zero attached hydrogens (tertiary/aromatic N) is 1. The summed E-state index contributed by atoms with van der Waals surface area (Å²) >= 11 is 0. The molecule has 124 valence electrons. The van der Waals surface area contributed by atoms with Gasteiger partial charge < -0.3 is 19.1 Å². The first kappa shape index (κ1) is 14.8. The summed E-state index contributed by atoms with van der Waals surface area (Å²) in [4.78, 5) is 14.7. The lowest BCUT2D eigenvalue weighted by atomic mass is 9.82. The summed E-state index contributed by atoms with van der Waals surface area (Å²) in [6, 6.07) is 5.86. The topological polar surface area (TPSA) is 48.0 Å². The second kappa shape index (κ2) is 5.41. The lowest BCUT2D eigenvalue weighted by Gasteiger charge is -2.40. The molecule has 0 N–H and O–H groups in total. The zero-order valence-electron chi connectivity index (χ0n) is 13.7. The molecule has 2 saturated heterocycles. The van der Waals surface area contributed by atoms with E-state index in [0.29, 0.717) is 30.4 Å². The molecule has 0 aromatic heterocycles. The fourth-order valence-corrected chi connectivity index (χ4v) is 4.60. The SMILES string of the molecule is COc1ccc([C@H]2CO[C@]34CCCC[C@H]3CC(=O)N24)cc1OC. The molecule has 1 aromatic carbocycles. The Balaban J connectivity index is 1.70. The van der Waals surface area contributed by atoms with Gasteiger partial charge in [-0.2, -0.15) is 0 Å².